The van der Waals surface area contributed by atoms with E-state index in [1.165, 1.54) is 28.8 Å². The summed E-state index contributed by atoms with van der Waals surface area (Å²) in [7, 11) is 0. The minimum absolute atomic E-state index is 0.00585. The standard InChI is InChI=1S/C25H18Cl2N2O5S2/c1-2-33-22-11-15(6-9-21(22)34-14-16-4-3-5-18(10-16)29(31)32)12-23-24(30)28(25(35)36-23)20-8-7-17(26)13-19(20)27/h3-13H,2,14H2,1H3/b23-12-. The lowest BCUT2D eigenvalue weighted by molar-refractivity contribution is -0.384. The fourth-order valence-electron chi connectivity index (χ4n) is 3.41. The lowest BCUT2D eigenvalue weighted by Gasteiger charge is -2.16. The van der Waals surface area contributed by atoms with E-state index in [0.29, 0.717) is 54.2 Å². The third-order valence-electron chi connectivity index (χ3n) is 5.03. The van der Waals surface area contributed by atoms with Gasteiger partial charge < -0.3 is 9.47 Å². The Labute approximate surface area is 226 Å². The maximum atomic E-state index is 13.1. The molecule has 1 heterocycles. The van der Waals surface area contributed by atoms with Crippen LogP contribution in [0.4, 0.5) is 11.4 Å². The molecule has 36 heavy (non-hydrogen) atoms. The van der Waals surface area contributed by atoms with Crippen LogP contribution < -0.4 is 14.4 Å². The summed E-state index contributed by atoms with van der Waals surface area (Å²) in [5.41, 5.74) is 1.82. The van der Waals surface area contributed by atoms with Gasteiger partial charge >= 0.3 is 0 Å². The highest BCUT2D eigenvalue weighted by molar-refractivity contribution is 8.27. The lowest BCUT2D eigenvalue weighted by Crippen LogP contribution is -2.27. The molecule has 7 nitrogen and oxygen atoms in total. The molecule has 0 unspecified atom stereocenters. The smallest absolute Gasteiger partial charge is 0.270 e. The number of nitro benzene ring substituents is 1. The first-order chi connectivity index (χ1) is 17.3. The highest BCUT2D eigenvalue weighted by Crippen LogP contribution is 2.40. The van der Waals surface area contributed by atoms with Crippen molar-refractivity contribution in [3.05, 3.63) is 96.9 Å². The van der Waals surface area contributed by atoms with E-state index in [-0.39, 0.29) is 18.2 Å². The number of carbonyl (C=O) groups excluding carboxylic acids is 1. The second kappa shape index (κ2) is 11.3. The molecule has 1 saturated heterocycles. The minimum Gasteiger partial charge on any atom is -0.490 e. The second-order valence-electron chi connectivity index (χ2n) is 7.47. The molecule has 0 N–H and O–H groups in total. The number of amides is 1. The van der Waals surface area contributed by atoms with Crippen molar-refractivity contribution in [2.75, 3.05) is 11.5 Å². The van der Waals surface area contributed by atoms with Crippen LogP contribution in [-0.4, -0.2) is 21.8 Å². The van der Waals surface area contributed by atoms with Crippen molar-refractivity contribution >= 4 is 74.9 Å². The van der Waals surface area contributed by atoms with Crippen LogP contribution in [0.2, 0.25) is 10.0 Å². The van der Waals surface area contributed by atoms with Crippen LogP contribution in [0.15, 0.2) is 65.6 Å². The molecule has 184 valence electrons. The fourth-order valence-corrected chi connectivity index (χ4v) is 5.19. The van der Waals surface area contributed by atoms with E-state index in [1.807, 2.05) is 6.92 Å². The predicted octanol–water partition coefficient (Wildman–Crippen LogP) is 7.29. The van der Waals surface area contributed by atoms with Gasteiger partial charge in [0.2, 0.25) is 0 Å². The molecule has 1 aliphatic heterocycles. The van der Waals surface area contributed by atoms with E-state index in [0.717, 1.165) is 0 Å². The number of benzene rings is 3. The van der Waals surface area contributed by atoms with Gasteiger partial charge in [0.15, 0.2) is 15.8 Å². The van der Waals surface area contributed by atoms with E-state index < -0.39 is 4.92 Å². The van der Waals surface area contributed by atoms with Crippen LogP contribution in [0.3, 0.4) is 0 Å². The average molecular weight is 561 g/mol. The zero-order valence-corrected chi connectivity index (χ0v) is 21.9. The van der Waals surface area contributed by atoms with Crippen molar-refractivity contribution in [1.82, 2.24) is 0 Å². The van der Waals surface area contributed by atoms with Gasteiger partial charge in [-0.2, -0.15) is 0 Å². The molecule has 0 spiro atoms. The first kappa shape index (κ1) is 26.0. The molecular weight excluding hydrogens is 543 g/mol. The van der Waals surface area contributed by atoms with Gasteiger partial charge in [-0.1, -0.05) is 65.4 Å². The molecule has 3 aromatic rings. The zero-order chi connectivity index (χ0) is 25.8. The van der Waals surface area contributed by atoms with Gasteiger partial charge in [-0.3, -0.25) is 19.8 Å². The normalized spacial score (nSPS) is 14.4. The van der Waals surface area contributed by atoms with Crippen molar-refractivity contribution in [3.8, 4) is 11.5 Å². The predicted molar refractivity (Wildman–Crippen MR) is 147 cm³/mol. The van der Waals surface area contributed by atoms with Crippen LogP contribution in [0.1, 0.15) is 18.1 Å². The zero-order valence-electron chi connectivity index (χ0n) is 18.8. The molecule has 0 saturated carbocycles. The first-order valence-electron chi connectivity index (χ1n) is 10.6. The van der Waals surface area contributed by atoms with Crippen molar-refractivity contribution in [2.45, 2.75) is 13.5 Å². The monoisotopic (exact) mass is 560 g/mol. The van der Waals surface area contributed by atoms with Crippen molar-refractivity contribution < 1.29 is 19.2 Å². The number of non-ortho nitro benzene ring substituents is 1. The third-order valence-corrected chi connectivity index (χ3v) is 6.87. The minimum atomic E-state index is -0.451. The Hall–Kier alpha value is -3.11. The molecule has 0 atom stereocenters. The molecule has 3 aromatic carbocycles. The van der Waals surface area contributed by atoms with E-state index in [4.69, 9.17) is 44.9 Å². The van der Waals surface area contributed by atoms with Crippen LogP contribution in [0.5, 0.6) is 11.5 Å². The van der Waals surface area contributed by atoms with Crippen molar-refractivity contribution in [1.29, 1.82) is 0 Å². The quantitative estimate of drug-likeness (QED) is 0.124. The molecule has 11 heteroatoms. The lowest BCUT2D eigenvalue weighted by atomic mass is 10.1. The molecule has 0 aromatic heterocycles. The Kier molecular flexibility index (Phi) is 8.15. The molecular formula is C25H18Cl2N2O5S2. The van der Waals surface area contributed by atoms with Gasteiger partial charge in [-0.05, 0) is 54.5 Å². The number of ether oxygens (including phenoxy) is 2. The number of hydrogen-bond acceptors (Lipinski definition) is 7. The number of halogens is 2. The first-order valence-corrected chi connectivity index (χ1v) is 12.6. The van der Waals surface area contributed by atoms with Gasteiger partial charge in [0, 0.05) is 17.2 Å². The number of thiocarbonyl (C=S) groups is 1. The molecule has 0 radical (unpaired) electrons. The van der Waals surface area contributed by atoms with Gasteiger partial charge in [-0.15, -0.1) is 0 Å². The van der Waals surface area contributed by atoms with Crippen LogP contribution >= 0.6 is 47.2 Å². The average Bonchev–Trinajstić information content (AvgIpc) is 3.11. The Balaban J connectivity index is 1.55. The number of anilines is 1. The summed E-state index contributed by atoms with van der Waals surface area (Å²) in [6.45, 7) is 2.37. The summed E-state index contributed by atoms with van der Waals surface area (Å²) < 4.78 is 12.0. The maximum Gasteiger partial charge on any atom is 0.270 e. The number of carbonyl (C=O) groups is 1. The maximum absolute atomic E-state index is 13.1. The Morgan fingerprint density at radius 1 is 1.08 bits per heavy atom. The molecule has 0 bridgehead atoms. The molecule has 4 rings (SSSR count). The highest BCUT2D eigenvalue weighted by atomic mass is 35.5. The SMILES string of the molecule is CCOc1cc(/C=C2\SC(=S)N(c3ccc(Cl)cc3Cl)C2=O)ccc1OCc1cccc([N+](=O)[O-])c1. The van der Waals surface area contributed by atoms with Crippen molar-refractivity contribution in [2.24, 2.45) is 0 Å². The summed E-state index contributed by atoms with van der Waals surface area (Å²) in [4.78, 5) is 25.5. The largest absolute Gasteiger partial charge is 0.490 e. The van der Waals surface area contributed by atoms with Crippen LogP contribution in [0.25, 0.3) is 6.08 Å². The van der Waals surface area contributed by atoms with Gasteiger partial charge in [0.05, 0.1) is 27.1 Å². The van der Waals surface area contributed by atoms with Gasteiger partial charge in [-0.25, -0.2) is 0 Å². The highest BCUT2D eigenvalue weighted by Gasteiger charge is 2.34. The number of nitro groups is 1. The summed E-state index contributed by atoms with van der Waals surface area (Å²) in [5.74, 6) is 0.659. The topological polar surface area (TPSA) is 81.9 Å². The number of rotatable bonds is 8. The third kappa shape index (κ3) is 5.82. The van der Waals surface area contributed by atoms with E-state index in [9.17, 15) is 14.9 Å². The Morgan fingerprint density at radius 3 is 2.61 bits per heavy atom. The van der Waals surface area contributed by atoms with Crippen LogP contribution in [0, 0.1) is 10.1 Å². The molecule has 0 aliphatic carbocycles. The fraction of sp³-hybridized carbons (Fsp3) is 0.120. The summed E-state index contributed by atoms with van der Waals surface area (Å²) >= 11 is 18.9. The summed E-state index contributed by atoms with van der Waals surface area (Å²) in [5, 5.41) is 11.8. The molecule has 1 fully saturated rings. The number of thioether (sulfide) groups is 1. The summed E-state index contributed by atoms with van der Waals surface area (Å²) in [6.07, 6.45) is 1.72. The van der Waals surface area contributed by atoms with Gasteiger partial charge in [0.1, 0.15) is 6.61 Å². The Morgan fingerprint density at radius 2 is 1.89 bits per heavy atom. The van der Waals surface area contributed by atoms with Crippen molar-refractivity contribution in [3.63, 3.8) is 0 Å². The molecule has 1 amide bonds. The van der Waals surface area contributed by atoms with Crippen LogP contribution in [-0.2, 0) is 11.4 Å². The van der Waals surface area contributed by atoms with E-state index in [1.54, 1.807) is 54.6 Å². The molecule has 1 aliphatic rings. The van der Waals surface area contributed by atoms with Gasteiger partial charge in [0.25, 0.3) is 11.6 Å². The number of nitrogens with zero attached hydrogens (tertiary/aromatic N) is 2. The second-order valence-corrected chi connectivity index (χ2v) is 9.99. The van der Waals surface area contributed by atoms with E-state index in [2.05, 4.69) is 0 Å². The number of hydrogen-bond donors (Lipinski definition) is 0. The summed E-state index contributed by atoms with van der Waals surface area (Å²) in [6, 6.07) is 16.4. The Bertz CT molecular complexity index is 1400. The van der Waals surface area contributed by atoms with E-state index >= 15 is 0 Å².